The molecule has 1 aromatic rings. The molecule has 0 saturated heterocycles. The molecule has 1 rings (SSSR count). The summed E-state index contributed by atoms with van der Waals surface area (Å²) >= 11 is 8.40. The molecule has 88 valence electrons. The van der Waals surface area contributed by atoms with Crippen LogP contribution in [-0.2, 0) is 0 Å². The molecule has 0 unspecified atom stereocenters. The number of benzene rings is 1. The molecule has 0 saturated carbocycles. The zero-order valence-corrected chi connectivity index (χ0v) is 11.8. The van der Waals surface area contributed by atoms with E-state index in [1.54, 1.807) is 0 Å². The summed E-state index contributed by atoms with van der Waals surface area (Å²) in [7, 11) is 0. The Hall–Kier alpha value is -0.610. The maximum Gasteiger partial charge on any atom is 0.105 e. The quantitative estimate of drug-likeness (QED) is 0.622. The van der Waals surface area contributed by atoms with Gasteiger partial charge in [-0.3, -0.25) is 0 Å². The predicted octanol–water partition coefficient (Wildman–Crippen LogP) is 3.69. The number of thiocarbonyl (C=S) groups is 1. The van der Waals surface area contributed by atoms with E-state index >= 15 is 0 Å². The lowest BCUT2D eigenvalue weighted by molar-refractivity contribution is 0.744. The Morgan fingerprint density at radius 2 is 2.19 bits per heavy atom. The third-order valence-corrected chi connectivity index (χ3v) is 3.22. The van der Waals surface area contributed by atoms with E-state index in [9.17, 15) is 0 Å². The van der Waals surface area contributed by atoms with Crippen LogP contribution in [0.3, 0.4) is 0 Å². The van der Waals surface area contributed by atoms with Gasteiger partial charge >= 0.3 is 0 Å². The van der Waals surface area contributed by atoms with E-state index in [0.717, 1.165) is 22.3 Å². The molecule has 1 aromatic carbocycles. The van der Waals surface area contributed by atoms with Gasteiger partial charge in [0.1, 0.15) is 4.99 Å². The third-order valence-electron chi connectivity index (χ3n) is 2.34. The van der Waals surface area contributed by atoms with Gasteiger partial charge in [-0.1, -0.05) is 32.0 Å². The van der Waals surface area contributed by atoms with Gasteiger partial charge in [0.05, 0.1) is 0 Å². The molecule has 16 heavy (non-hydrogen) atoms. The fraction of sp³-hybridized carbons (Fsp3) is 0.417. The van der Waals surface area contributed by atoms with Crippen molar-refractivity contribution >= 4 is 38.8 Å². The number of nitrogens with two attached hydrogens (primary N) is 1. The summed E-state index contributed by atoms with van der Waals surface area (Å²) in [4.78, 5) is 0.421. The smallest absolute Gasteiger partial charge is 0.105 e. The molecule has 2 nitrogen and oxygen atoms in total. The normalized spacial score (nSPS) is 10.1. The van der Waals surface area contributed by atoms with Crippen LogP contribution in [0.5, 0.6) is 0 Å². The lowest BCUT2D eigenvalue weighted by atomic mass is 10.2. The SMILES string of the molecule is CCCCCNc1ccc(C(N)=S)c(Br)c1. The van der Waals surface area contributed by atoms with Crippen LogP contribution in [0.2, 0.25) is 0 Å². The van der Waals surface area contributed by atoms with E-state index in [2.05, 4.69) is 28.2 Å². The number of hydrogen-bond acceptors (Lipinski definition) is 2. The van der Waals surface area contributed by atoms with Crippen molar-refractivity contribution in [2.24, 2.45) is 5.73 Å². The number of halogens is 1. The lowest BCUT2D eigenvalue weighted by Gasteiger charge is -2.08. The van der Waals surface area contributed by atoms with Gasteiger partial charge in [0.15, 0.2) is 0 Å². The Morgan fingerprint density at radius 3 is 2.75 bits per heavy atom. The predicted molar refractivity (Wildman–Crippen MR) is 78.0 cm³/mol. The molecule has 0 radical (unpaired) electrons. The molecule has 0 aliphatic carbocycles. The average Bonchev–Trinajstić information content (AvgIpc) is 2.24. The molecule has 0 fully saturated rings. The third kappa shape index (κ3) is 4.10. The Morgan fingerprint density at radius 1 is 1.44 bits per heavy atom. The lowest BCUT2D eigenvalue weighted by Crippen LogP contribution is -2.10. The van der Waals surface area contributed by atoms with Crippen molar-refractivity contribution in [2.75, 3.05) is 11.9 Å². The zero-order valence-electron chi connectivity index (χ0n) is 9.42. The molecule has 0 spiro atoms. The fourth-order valence-corrected chi connectivity index (χ4v) is 2.33. The fourth-order valence-electron chi connectivity index (χ4n) is 1.43. The van der Waals surface area contributed by atoms with Crippen LogP contribution in [0.1, 0.15) is 31.7 Å². The van der Waals surface area contributed by atoms with Crippen molar-refractivity contribution < 1.29 is 0 Å². The van der Waals surface area contributed by atoms with E-state index in [-0.39, 0.29) is 0 Å². The van der Waals surface area contributed by atoms with Crippen molar-refractivity contribution in [3.8, 4) is 0 Å². The summed E-state index contributed by atoms with van der Waals surface area (Å²) in [5, 5.41) is 3.37. The van der Waals surface area contributed by atoms with Gasteiger partial charge < -0.3 is 11.1 Å². The highest BCUT2D eigenvalue weighted by atomic mass is 79.9. The summed E-state index contributed by atoms with van der Waals surface area (Å²) in [5.74, 6) is 0. The number of hydrogen-bond donors (Lipinski definition) is 2. The van der Waals surface area contributed by atoms with Crippen molar-refractivity contribution in [2.45, 2.75) is 26.2 Å². The maximum absolute atomic E-state index is 5.59. The Labute approximate surface area is 111 Å². The van der Waals surface area contributed by atoms with Gasteiger partial charge in [0, 0.05) is 22.3 Å². The molecule has 0 aliphatic heterocycles. The van der Waals surface area contributed by atoms with Gasteiger partial charge in [0.2, 0.25) is 0 Å². The summed E-state index contributed by atoms with van der Waals surface area (Å²) in [5.41, 5.74) is 7.57. The van der Waals surface area contributed by atoms with Crippen LogP contribution >= 0.6 is 28.1 Å². The van der Waals surface area contributed by atoms with Crippen LogP contribution in [0, 0.1) is 0 Å². The van der Waals surface area contributed by atoms with Crippen LogP contribution in [0.15, 0.2) is 22.7 Å². The van der Waals surface area contributed by atoms with E-state index in [1.807, 2.05) is 18.2 Å². The topological polar surface area (TPSA) is 38.0 Å². The van der Waals surface area contributed by atoms with Crippen LogP contribution in [0.25, 0.3) is 0 Å². The highest BCUT2D eigenvalue weighted by molar-refractivity contribution is 9.10. The zero-order chi connectivity index (χ0) is 12.0. The first-order valence-electron chi connectivity index (χ1n) is 5.48. The van der Waals surface area contributed by atoms with Crippen LogP contribution in [0.4, 0.5) is 5.69 Å². The molecule has 0 amide bonds. The molecule has 0 aromatic heterocycles. The molecule has 0 aliphatic rings. The Balaban J connectivity index is 2.56. The molecule has 4 heteroatoms. The molecule has 3 N–H and O–H groups in total. The minimum atomic E-state index is 0.421. The van der Waals surface area contributed by atoms with E-state index in [1.165, 1.54) is 19.3 Å². The first kappa shape index (κ1) is 13.5. The van der Waals surface area contributed by atoms with Gasteiger partial charge in [-0.15, -0.1) is 0 Å². The first-order chi connectivity index (χ1) is 7.65. The summed E-state index contributed by atoms with van der Waals surface area (Å²) in [6.07, 6.45) is 3.70. The molecule has 0 atom stereocenters. The monoisotopic (exact) mass is 300 g/mol. The van der Waals surface area contributed by atoms with Crippen LogP contribution < -0.4 is 11.1 Å². The maximum atomic E-state index is 5.59. The highest BCUT2D eigenvalue weighted by Gasteiger charge is 2.03. The van der Waals surface area contributed by atoms with E-state index in [4.69, 9.17) is 18.0 Å². The standard InChI is InChI=1S/C12H17BrN2S/c1-2-3-4-7-15-9-5-6-10(12(14)16)11(13)8-9/h5-6,8,15H,2-4,7H2,1H3,(H2,14,16). The van der Waals surface area contributed by atoms with E-state index in [0.29, 0.717) is 4.99 Å². The van der Waals surface area contributed by atoms with Gasteiger partial charge in [-0.05, 0) is 40.5 Å². The number of unbranched alkanes of at least 4 members (excludes halogenated alkanes) is 2. The minimum absolute atomic E-state index is 0.421. The molecule has 0 heterocycles. The summed E-state index contributed by atoms with van der Waals surface area (Å²) < 4.78 is 0.945. The summed E-state index contributed by atoms with van der Waals surface area (Å²) in [6, 6.07) is 5.96. The Bertz CT molecular complexity index is 366. The van der Waals surface area contributed by atoms with Crippen molar-refractivity contribution in [3.05, 3.63) is 28.2 Å². The number of anilines is 1. The largest absolute Gasteiger partial charge is 0.389 e. The highest BCUT2D eigenvalue weighted by Crippen LogP contribution is 2.21. The number of rotatable bonds is 6. The van der Waals surface area contributed by atoms with Gasteiger partial charge in [-0.2, -0.15) is 0 Å². The van der Waals surface area contributed by atoms with Crippen molar-refractivity contribution in [1.29, 1.82) is 0 Å². The van der Waals surface area contributed by atoms with Gasteiger partial charge in [-0.25, -0.2) is 0 Å². The summed E-state index contributed by atoms with van der Waals surface area (Å²) in [6.45, 7) is 3.21. The first-order valence-corrected chi connectivity index (χ1v) is 6.68. The second-order valence-electron chi connectivity index (χ2n) is 3.69. The van der Waals surface area contributed by atoms with E-state index < -0.39 is 0 Å². The second-order valence-corrected chi connectivity index (χ2v) is 4.99. The van der Waals surface area contributed by atoms with Gasteiger partial charge in [0.25, 0.3) is 0 Å². The van der Waals surface area contributed by atoms with Crippen molar-refractivity contribution in [1.82, 2.24) is 0 Å². The number of nitrogens with one attached hydrogen (secondary N) is 1. The van der Waals surface area contributed by atoms with Crippen molar-refractivity contribution in [3.63, 3.8) is 0 Å². The minimum Gasteiger partial charge on any atom is -0.389 e. The Kier molecular flexibility index (Phi) is 5.77. The second kappa shape index (κ2) is 6.86. The average molecular weight is 301 g/mol. The molecular formula is C12H17BrN2S. The molecule has 0 bridgehead atoms. The molecular weight excluding hydrogens is 284 g/mol. The van der Waals surface area contributed by atoms with Crippen LogP contribution in [-0.4, -0.2) is 11.5 Å².